The first-order valence-electron chi connectivity index (χ1n) is 2.54. The normalized spacial score (nSPS) is 15.2. The van der Waals surface area contributed by atoms with Gasteiger partial charge in [-0.1, -0.05) is 0 Å². The number of hydrogen-bond acceptors (Lipinski definition) is 4. The Kier molecular flexibility index (Phi) is 4.58. The highest BCUT2D eigenvalue weighted by Gasteiger charge is 2.28. The van der Waals surface area contributed by atoms with Crippen LogP contribution in [0.4, 0.5) is 0 Å². The quantitative estimate of drug-likeness (QED) is 0.258. The summed E-state index contributed by atoms with van der Waals surface area (Å²) < 4.78 is 4.46. The number of nitro groups is 1. The zero-order chi connectivity index (χ0) is 9.02. The lowest BCUT2D eigenvalue weighted by Crippen LogP contribution is -2.26. The van der Waals surface area contributed by atoms with Gasteiger partial charge in [0.1, 0.15) is 0 Å². The molecule has 0 aromatic heterocycles. The van der Waals surface area contributed by atoms with E-state index < -0.39 is 20.9 Å². The van der Waals surface area contributed by atoms with Crippen molar-refractivity contribution in [3.8, 4) is 0 Å². The molecule has 0 spiro atoms. The van der Waals surface area contributed by atoms with E-state index in [1.54, 1.807) is 0 Å². The van der Waals surface area contributed by atoms with E-state index in [2.05, 4.69) is 36.6 Å². The molecule has 0 rings (SSSR count). The molecule has 2 unspecified atom stereocenters. The van der Waals surface area contributed by atoms with Gasteiger partial charge >= 0.3 is 10.9 Å². The molecule has 0 bridgehead atoms. The van der Waals surface area contributed by atoms with Gasteiger partial charge in [-0.2, -0.15) is 0 Å². The van der Waals surface area contributed by atoms with Gasteiger partial charge in [0.2, 0.25) is 5.01 Å². The summed E-state index contributed by atoms with van der Waals surface area (Å²) in [5.41, 5.74) is 0. The molecule has 0 amide bonds. The zero-order valence-corrected chi connectivity index (χ0v) is 8.66. The van der Waals surface area contributed by atoms with Crippen LogP contribution in [0.2, 0.25) is 0 Å². The number of carbonyl (C=O) groups is 1. The monoisotopic (exact) mass is 289 g/mol. The Bertz CT molecular complexity index is 173. The molecule has 7 heteroatoms. The Morgan fingerprint density at radius 3 is 2.36 bits per heavy atom. The molecule has 0 aromatic carbocycles. The molecule has 0 saturated heterocycles. The van der Waals surface area contributed by atoms with Crippen LogP contribution in [0.3, 0.4) is 0 Å². The van der Waals surface area contributed by atoms with Crippen molar-refractivity contribution >= 4 is 37.8 Å². The minimum atomic E-state index is -1.12. The first kappa shape index (κ1) is 10.8. The summed E-state index contributed by atoms with van der Waals surface area (Å²) in [6.45, 7) is 1.17. The van der Waals surface area contributed by atoms with Crippen molar-refractivity contribution in [2.75, 3.05) is 0 Å². The Morgan fingerprint density at radius 1 is 1.64 bits per heavy atom. The number of carbonyl (C=O) groups excluding carboxylic acids is 1. The second kappa shape index (κ2) is 4.66. The van der Waals surface area contributed by atoms with Gasteiger partial charge in [-0.05, 0) is 15.9 Å². The summed E-state index contributed by atoms with van der Waals surface area (Å²) in [7, 11) is 0. The molecule has 11 heavy (non-hydrogen) atoms. The number of halogens is 2. The molecule has 2 atom stereocenters. The molecule has 0 aliphatic rings. The minimum absolute atomic E-state index is 0.571. The number of alkyl halides is 2. The molecule has 0 saturated carbocycles. The maximum absolute atomic E-state index is 10.3. The predicted molar refractivity (Wildman–Crippen MR) is 44.2 cm³/mol. The number of esters is 1. The molecule has 0 heterocycles. The summed E-state index contributed by atoms with van der Waals surface area (Å²) >= 11 is 5.53. The minimum Gasteiger partial charge on any atom is -0.442 e. The Morgan fingerprint density at radius 2 is 2.09 bits per heavy atom. The van der Waals surface area contributed by atoms with Crippen LogP contribution in [-0.2, 0) is 9.53 Å². The lowest BCUT2D eigenvalue weighted by atomic mass is 10.7. The molecule has 0 aliphatic carbocycles. The molecule has 0 aliphatic heterocycles. The van der Waals surface area contributed by atoms with E-state index in [1.807, 2.05) is 0 Å². The van der Waals surface area contributed by atoms with E-state index in [9.17, 15) is 14.9 Å². The summed E-state index contributed by atoms with van der Waals surface area (Å²) in [6, 6.07) is 0. The van der Waals surface area contributed by atoms with E-state index in [1.165, 1.54) is 6.92 Å². The number of hydrogen-bond donors (Lipinski definition) is 0. The van der Waals surface area contributed by atoms with Gasteiger partial charge in [-0.15, -0.1) is 0 Å². The van der Waals surface area contributed by atoms with Gasteiger partial charge in [0.25, 0.3) is 0 Å². The van der Waals surface area contributed by atoms with Crippen LogP contribution >= 0.6 is 31.9 Å². The fraction of sp³-hybridized carbons (Fsp3) is 0.750. The van der Waals surface area contributed by atoms with Crippen molar-refractivity contribution in [3.63, 3.8) is 0 Å². The SMILES string of the molecule is CC(=O)OC(Br)C(Br)[N+](=O)[O-]. The van der Waals surface area contributed by atoms with Crippen LogP contribution in [0.25, 0.3) is 0 Å². The van der Waals surface area contributed by atoms with Crippen molar-refractivity contribution < 1.29 is 14.5 Å². The van der Waals surface area contributed by atoms with Crippen molar-refractivity contribution in [1.82, 2.24) is 0 Å². The fourth-order valence-electron chi connectivity index (χ4n) is 0.310. The molecule has 64 valence electrons. The zero-order valence-electron chi connectivity index (χ0n) is 5.49. The van der Waals surface area contributed by atoms with Gasteiger partial charge in [0.05, 0.1) is 0 Å². The van der Waals surface area contributed by atoms with Gasteiger partial charge in [0, 0.05) is 27.8 Å². The third kappa shape index (κ3) is 4.31. The molecular weight excluding hydrogens is 286 g/mol. The average Bonchev–Trinajstić information content (AvgIpc) is 1.84. The first-order valence-corrected chi connectivity index (χ1v) is 4.37. The van der Waals surface area contributed by atoms with Crippen LogP contribution in [-0.4, -0.2) is 20.9 Å². The lowest BCUT2D eigenvalue weighted by molar-refractivity contribution is -0.497. The van der Waals surface area contributed by atoms with E-state index in [0.29, 0.717) is 0 Å². The fourth-order valence-corrected chi connectivity index (χ4v) is 0.875. The standard InChI is InChI=1S/C4H5Br2NO4/c1-2(8)11-4(6)3(5)7(9)10/h3-4H,1H3. The number of nitrogens with zero attached hydrogens (tertiary/aromatic N) is 1. The molecular formula is C4H5Br2NO4. The molecule has 0 aromatic rings. The third-order valence-electron chi connectivity index (χ3n) is 0.696. The van der Waals surface area contributed by atoms with Crippen molar-refractivity contribution in [2.45, 2.75) is 16.9 Å². The second-order valence-electron chi connectivity index (χ2n) is 1.62. The van der Waals surface area contributed by atoms with Crippen molar-refractivity contribution in [3.05, 3.63) is 10.1 Å². The van der Waals surface area contributed by atoms with E-state index >= 15 is 0 Å². The Hall–Kier alpha value is -0.170. The predicted octanol–water partition coefficient (Wildman–Crippen LogP) is 1.27. The maximum atomic E-state index is 10.3. The summed E-state index contributed by atoms with van der Waals surface area (Å²) in [5, 5.41) is 9.12. The topological polar surface area (TPSA) is 69.4 Å². The van der Waals surface area contributed by atoms with Crippen molar-refractivity contribution in [1.29, 1.82) is 0 Å². The maximum Gasteiger partial charge on any atom is 0.311 e. The smallest absolute Gasteiger partial charge is 0.311 e. The second-order valence-corrected chi connectivity index (χ2v) is 3.46. The molecule has 5 nitrogen and oxygen atoms in total. The number of rotatable bonds is 3. The van der Waals surface area contributed by atoms with Crippen molar-refractivity contribution in [2.24, 2.45) is 0 Å². The molecule has 0 fully saturated rings. The van der Waals surface area contributed by atoms with Gasteiger partial charge in [-0.25, -0.2) is 0 Å². The summed E-state index contributed by atoms with van der Waals surface area (Å²) in [4.78, 5) is 18.6. The van der Waals surface area contributed by atoms with Gasteiger partial charge in [-0.3, -0.25) is 14.9 Å². The highest BCUT2D eigenvalue weighted by Crippen LogP contribution is 2.15. The first-order chi connectivity index (χ1) is 4.95. The van der Waals surface area contributed by atoms with Crippen LogP contribution in [0, 0.1) is 10.1 Å². The lowest BCUT2D eigenvalue weighted by Gasteiger charge is -2.09. The average molecular weight is 291 g/mol. The highest BCUT2D eigenvalue weighted by atomic mass is 79.9. The van der Waals surface area contributed by atoms with E-state index in [-0.39, 0.29) is 0 Å². The van der Waals surface area contributed by atoms with E-state index in [0.717, 1.165) is 0 Å². The van der Waals surface area contributed by atoms with Gasteiger partial charge < -0.3 is 4.74 Å². The number of ether oxygens (including phenoxy) is 1. The third-order valence-corrected chi connectivity index (χ3v) is 2.91. The Labute approximate surface area is 79.5 Å². The van der Waals surface area contributed by atoms with E-state index in [4.69, 9.17) is 0 Å². The van der Waals surface area contributed by atoms with Crippen LogP contribution in [0.5, 0.6) is 0 Å². The van der Waals surface area contributed by atoms with Crippen LogP contribution in [0.15, 0.2) is 0 Å². The molecule has 0 N–H and O–H groups in total. The largest absolute Gasteiger partial charge is 0.442 e. The van der Waals surface area contributed by atoms with Gasteiger partial charge in [0.15, 0.2) is 0 Å². The Balaban J connectivity index is 3.92. The highest BCUT2D eigenvalue weighted by molar-refractivity contribution is 9.12. The van der Waals surface area contributed by atoms with Crippen LogP contribution < -0.4 is 0 Å². The van der Waals surface area contributed by atoms with Crippen LogP contribution in [0.1, 0.15) is 6.92 Å². The molecule has 0 radical (unpaired) electrons. The summed E-state index contributed by atoms with van der Waals surface area (Å²) in [5.74, 6) is -0.571. The summed E-state index contributed by atoms with van der Waals surface area (Å²) in [6.07, 6.45) is 0.